The summed E-state index contributed by atoms with van der Waals surface area (Å²) in [5, 5.41) is 10.7. The fourth-order valence-corrected chi connectivity index (χ4v) is 4.45. The van der Waals surface area contributed by atoms with Crippen LogP contribution in [0.5, 0.6) is 0 Å². The summed E-state index contributed by atoms with van der Waals surface area (Å²) in [6, 6.07) is 8.30. The zero-order chi connectivity index (χ0) is 21.2. The Kier molecular flexibility index (Phi) is 6.50. The first kappa shape index (κ1) is 21.6. The van der Waals surface area contributed by atoms with Crippen LogP contribution in [0.2, 0.25) is 0 Å². The highest BCUT2D eigenvalue weighted by Crippen LogP contribution is 2.33. The molecule has 1 aromatic carbocycles. The maximum Gasteiger partial charge on any atom is 0.346 e. The minimum Gasteiger partial charge on any atom is -0.511 e. The Bertz CT molecular complexity index is 776. The van der Waals surface area contributed by atoms with Gasteiger partial charge in [0.1, 0.15) is 11.3 Å². The third-order valence-electron chi connectivity index (χ3n) is 6.35. The first-order valence-corrected chi connectivity index (χ1v) is 10.9. The number of hydrogen-bond donors (Lipinski definition) is 1. The summed E-state index contributed by atoms with van der Waals surface area (Å²) >= 11 is 0. The molecular weight excluding hydrogens is 364 g/mol. The Hall–Kier alpha value is -2.10. The average molecular weight is 399 g/mol. The molecule has 1 aliphatic heterocycles. The van der Waals surface area contributed by atoms with Crippen molar-refractivity contribution in [2.45, 2.75) is 84.2 Å². The van der Waals surface area contributed by atoms with Crippen molar-refractivity contribution >= 4 is 11.8 Å². The van der Waals surface area contributed by atoms with Gasteiger partial charge in [-0.05, 0) is 35.3 Å². The number of rotatable bonds is 5. The number of hydrogen-bond acceptors (Lipinski definition) is 4. The Balaban J connectivity index is 1.68. The maximum absolute atomic E-state index is 12.8. The Labute approximate surface area is 174 Å². The fourth-order valence-electron chi connectivity index (χ4n) is 4.45. The summed E-state index contributed by atoms with van der Waals surface area (Å²) in [7, 11) is 0. The molecule has 2 atom stereocenters. The van der Waals surface area contributed by atoms with Gasteiger partial charge in [0, 0.05) is 5.92 Å². The minimum absolute atomic E-state index is 0.0850. The molecular formula is C25H34O4. The molecule has 2 fully saturated rings. The molecule has 1 aromatic rings. The molecule has 1 saturated heterocycles. The Morgan fingerprint density at radius 2 is 1.72 bits per heavy atom. The van der Waals surface area contributed by atoms with E-state index >= 15 is 0 Å². The van der Waals surface area contributed by atoms with Crippen LogP contribution in [0.25, 0.3) is 0 Å². The second-order valence-corrected chi connectivity index (χ2v) is 9.81. The third-order valence-corrected chi connectivity index (χ3v) is 6.35. The molecule has 0 radical (unpaired) electrons. The molecule has 1 N–H and O–H groups in total. The van der Waals surface area contributed by atoms with Crippen molar-refractivity contribution in [2.24, 2.45) is 11.8 Å². The zero-order valence-corrected chi connectivity index (χ0v) is 18.2. The molecule has 0 amide bonds. The molecule has 158 valence electrons. The van der Waals surface area contributed by atoms with E-state index in [0.717, 1.165) is 18.4 Å². The van der Waals surface area contributed by atoms with Gasteiger partial charge in [0.15, 0.2) is 6.10 Å². The average Bonchev–Trinajstić information content (AvgIpc) is 2.95. The smallest absolute Gasteiger partial charge is 0.346 e. The van der Waals surface area contributed by atoms with Crippen molar-refractivity contribution in [3.05, 3.63) is 46.7 Å². The largest absolute Gasteiger partial charge is 0.511 e. The van der Waals surface area contributed by atoms with Crippen molar-refractivity contribution in [1.82, 2.24) is 0 Å². The summed E-state index contributed by atoms with van der Waals surface area (Å²) in [5.41, 5.74) is 2.26. The van der Waals surface area contributed by atoms with Crippen LogP contribution in [-0.2, 0) is 26.2 Å². The van der Waals surface area contributed by atoms with Crippen LogP contribution in [0.15, 0.2) is 35.6 Å². The van der Waals surface area contributed by atoms with Gasteiger partial charge in [-0.15, -0.1) is 0 Å². The van der Waals surface area contributed by atoms with Gasteiger partial charge in [-0.25, -0.2) is 4.79 Å². The number of carbonyl (C=O) groups excluding carboxylic acids is 2. The van der Waals surface area contributed by atoms with E-state index in [1.807, 2.05) is 6.92 Å². The lowest BCUT2D eigenvalue weighted by molar-refractivity contribution is -0.141. The van der Waals surface area contributed by atoms with Crippen molar-refractivity contribution in [2.75, 3.05) is 0 Å². The molecule has 4 heteroatoms. The molecule has 2 aliphatic rings. The standard InChI is InChI=1S/C25H34O4/c1-16(14-18-10-12-19(13-11-18)25(2,3)4)22(26)21-23(27)20(29-24(21)28)15-17-8-6-5-7-9-17/h10-13,16-17,20,26H,5-9,14-15H2,1-4H3. The van der Waals surface area contributed by atoms with Gasteiger partial charge in [-0.3, -0.25) is 4.79 Å². The normalized spacial score (nSPS) is 23.8. The van der Waals surface area contributed by atoms with Gasteiger partial charge in [0.2, 0.25) is 5.78 Å². The first-order valence-electron chi connectivity index (χ1n) is 10.9. The Morgan fingerprint density at radius 1 is 1.10 bits per heavy atom. The van der Waals surface area contributed by atoms with Crippen LogP contribution >= 0.6 is 0 Å². The molecule has 1 heterocycles. The number of allylic oxidation sites excluding steroid dienone is 1. The van der Waals surface area contributed by atoms with E-state index in [-0.39, 0.29) is 28.4 Å². The lowest BCUT2D eigenvalue weighted by Crippen LogP contribution is -2.22. The summed E-state index contributed by atoms with van der Waals surface area (Å²) < 4.78 is 5.36. The number of ketones is 1. The third kappa shape index (κ3) is 5.09. The van der Waals surface area contributed by atoms with Gasteiger partial charge in [0.05, 0.1) is 0 Å². The number of Topliss-reactive ketones (excluding diaryl/α,β-unsaturated/α-hetero) is 1. The first-order chi connectivity index (χ1) is 13.7. The van der Waals surface area contributed by atoms with Crippen molar-refractivity contribution in [3.8, 4) is 0 Å². The van der Waals surface area contributed by atoms with E-state index in [1.165, 1.54) is 24.8 Å². The van der Waals surface area contributed by atoms with Crippen LogP contribution in [0.4, 0.5) is 0 Å². The lowest BCUT2D eigenvalue weighted by atomic mass is 9.84. The van der Waals surface area contributed by atoms with E-state index < -0.39 is 12.1 Å². The van der Waals surface area contributed by atoms with Gasteiger partial charge in [-0.1, -0.05) is 84.1 Å². The van der Waals surface area contributed by atoms with E-state index in [4.69, 9.17) is 4.74 Å². The summed E-state index contributed by atoms with van der Waals surface area (Å²) in [6.07, 6.45) is 6.21. The van der Waals surface area contributed by atoms with Gasteiger partial charge < -0.3 is 9.84 Å². The minimum atomic E-state index is -0.721. The highest BCUT2D eigenvalue weighted by Gasteiger charge is 2.42. The fraction of sp³-hybridized carbons (Fsp3) is 0.600. The predicted molar refractivity (Wildman–Crippen MR) is 114 cm³/mol. The summed E-state index contributed by atoms with van der Waals surface area (Å²) in [5.74, 6) is -1.02. The van der Waals surface area contributed by atoms with Crippen molar-refractivity contribution in [3.63, 3.8) is 0 Å². The number of benzene rings is 1. The summed E-state index contributed by atoms with van der Waals surface area (Å²) in [6.45, 7) is 8.35. The highest BCUT2D eigenvalue weighted by atomic mass is 16.6. The second-order valence-electron chi connectivity index (χ2n) is 9.81. The van der Waals surface area contributed by atoms with Crippen LogP contribution in [0, 0.1) is 11.8 Å². The number of cyclic esters (lactones) is 1. The van der Waals surface area contributed by atoms with Gasteiger partial charge in [0.25, 0.3) is 0 Å². The highest BCUT2D eigenvalue weighted by molar-refractivity contribution is 6.23. The van der Waals surface area contributed by atoms with Crippen LogP contribution in [0.3, 0.4) is 0 Å². The number of aliphatic hydroxyl groups excluding tert-OH is 1. The van der Waals surface area contributed by atoms with E-state index in [9.17, 15) is 14.7 Å². The van der Waals surface area contributed by atoms with E-state index in [0.29, 0.717) is 18.8 Å². The molecule has 4 nitrogen and oxygen atoms in total. The number of ether oxygens (including phenoxy) is 1. The van der Waals surface area contributed by atoms with Gasteiger partial charge >= 0.3 is 5.97 Å². The quantitative estimate of drug-likeness (QED) is 0.310. The van der Waals surface area contributed by atoms with Gasteiger partial charge in [-0.2, -0.15) is 0 Å². The van der Waals surface area contributed by atoms with Crippen molar-refractivity contribution in [1.29, 1.82) is 0 Å². The number of esters is 1. The molecule has 1 saturated carbocycles. The van der Waals surface area contributed by atoms with Crippen LogP contribution < -0.4 is 0 Å². The van der Waals surface area contributed by atoms with Crippen molar-refractivity contribution < 1.29 is 19.4 Å². The topological polar surface area (TPSA) is 63.6 Å². The molecule has 0 aromatic heterocycles. The van der Waals surface area contributed by atoms with E-state index in [1.54, 1.807) is 0 Å². The Morgan fingerprint density at radius 3 is 2.31 bits per heavy atom. The molecule has 29 heavy (non-hydrogen) atoms. The monoisotopic (exact) mass is 398 g/mol. The van der Waals surface area contributed by atoms with Crippen LogP contribution in [0.1, 0.15) is 77.3 Å². The molecule has 2 unspecified atom stereocenters. The van der Waals surface area contributed by atoms with E-state index in [2.05, 4.69) is 45.0 Å². The molecule has 0 spiro atoms. The molecule has 0 bridgehead atoms. The van der Waals surface area contributed by atoms with Crippen LogP contribution in [-0.4, -0.2) is 23.0 Å². The zero-order valence-electron chi connectivity index (χ0n) is 18.2. The summed E-state index contributed by atoms with van der Waals surface area (Å²) in [4.78, 5) is 25.1. The lowest BCUT2D eigenvalue weighted by Gasteiger charge is -2.22. The second kappa shape index (κ2) is 8.73. The molecule has 3 rings (SSSR count). The maximum atomic E-state index is 12.8. The number of aliphatic hydroxyl groups is 1. The number of carbonyl (C=O) groups is 2. The molecule has 1 aliphatic carbocycles. The predicted octanol–water partition coefficient (Wildman–Crippen LogP) is 5.44. The SMILES string of the molecule is CC(Cc1ccc(C(C)(C)C)cc1)C(O)=C1C(=O)OC(CC2CCCCC2)C1=O.